The van der Waals surface area contributed by atoms with Crippen LogP contribution in [0.3, 0.4) is 0 Å². The van der Waals surface area contributed by atoms with Crippen LogP contribution in [0.2, 0.25) is 5.02 Å². The number of hydrogen-bond donors (Lipinski definition) is 1. The van der Waals surface area contributed by atoms with Crippen molar-refractivity contribution in [1.82, 2.24) is 10.2 Å². The van der Waals surface area contributed by atoms with Crippen molar-refractivity contribution in [2.45, 2.75) is 44.1 Å². The van der Waals surface area contributed by atoms with Gasteiger partial charge in [-0.2, -0.15) is 0 Å². The number of rotatable bonds is 4. The Morgan fingerprint density at radius 1 is 1.22 bits per heavy atom. The molecule has 0 unspecified atom stereocenters. The Hall–Kier alpha value is -1.30. The minimum atomic E-state index is -0.152. The molecule has 2 aliphatic heterocycles. The molecule has 1 aromatic rings. The molecule has 0 aromatic heterocycles. The van der Waals surface area contributed by atoms with Gasteiger partial charge in [-0.15, -0.1) is 0 Å². The molecule has 148 valence electrons. The fourth-order valence-electron chi connectivity index (χ4n) is 4.78. The molecule has 4 rings (SSSR count). The van der Waals surface area contributed by atoms with E-state index in [1.165, 1.54) is 19.3 Å². The first-order valence-corrected chi connectivity index (χ1v) is 10.6. The number of morpholine rings is 1. The molecule has 2 fully saturated rings. The summed E-state index contributed by atoms with van der Waals surface area (Å²) in [4.78, 5) is 15.5. The third-order valence-corrected chi connectivity index (χ3v) is 6.59. The van der Waals surface area contributed by atoms with E-state index in [1.807, 2.05) is 18.2 Å². The molecule has 0 spiro atoms. The summed E-state index contributed by atoms with van der Waals surface area (Å²) in [7, 11) is 0. The minimum Gasteiger partial charge on any atom is -0.492 e. The van der Waals surface area contributed by atoms with Crippen molar-refractivity contribution in [2.24, 2.45) is 5.92 Å². The van der Waals surface area contributed by atoms with Crippen molar-refractivity contribution in [2.75, 3.05) is 39.5 Å². The van der Waals surface area contributed by atoms with Crippen molar-refractivity contribution in [3.05, 3.63) is 28.8 Å². The lowest BCUT2D eigenvalue weighted by molar-refractivity contribution is -0.127. The Labute approximate surface area is 166 Å². The van der Waals surface area contributed by atoms with Gasteiger partial charge in [-0.3, -0.25) is 9.69 Å². The highest BCUT2D eigenvalue weighted by Gasteiger charge is 2.39. The molecule has 1 saturated heterocycles. The van der Waals surface area contributed by atoms with Gasteiger partial charge in [0, 0.05) is 30.2 Å². The second-order valence-corrected chi connectivity index (χ2v) is 8.50. The normalized spacial score (nSPS) is 25.3. The van der Waals surface area contributed by atoms with Crippen LogP contribution in [-0.4, -0.2) is 55.8 Å². The third kappa shape index (κ3) is 4.25. The van der Waals surface area contributed by atoms with E-state index >= 15 is 0 Å². The number of hydrogen-bond acceptors (Lipinski definition) is 4. The highest BCUT2D eigenvalue weighted by Crippen LogP contribution is 2.34. The van der Waals surface area contributed by atoms with Crippen LogP contribution in [0, 0.1) is 5.92 Å². The number of benzene rings is 1. The summed E-state index contributed by atoms with van der Waals surface area (Å²) in [5.41, 5.74) is 1.11. The molecule has 6 heteroatoms. The predicted molar refractivity (Wildman–Crippen MR) is 105 cm³/mol. The number of amides is 1. The SMILES string of the molecule is O=C(NCC1(N2CCOCC2)CCCCC1)[C@H]1COc2ccc(Cl)cc2C1. The number of fused-ring (bicyclic) bond motifs is 1. The smallest absolute Gasteiger partial charge is 0.226 e. The first kappa shape index (κ1) is 19.0. The topological polar surface area (TPSA) is 50.8 Å². The maximum Gasteiger partial charge on any atom is 0.226 e. The van der Waals surface area contributed by atoms with Gasteiger partial charge < -0.3 is 14.8 Å². The molecule has 1 atom stereocenters. The molecule has 5 nitrogen and oxygen atoms in total. The lowest BCUT2D eigenvalue weighted by Gasteiger charge is -2.48. The zero-order chi connectivity index (χ0) is 18.7. The Kier molecular flexibility index (Phi) is 5.90. The zero-order valence-corrected chi connectivity index (χ0v) is 16.6. The molecule has 27 heavy (non-hydrogen) atoms. The molecule has 1 aliphatic carbocycles. The lowest BCUT2D eigenvalue weighted by atomic mass is 9.79. The summed E-state index contributed by atoms with van der Waals surface area (Å²) >= 11 is 6.10. The average molecular weight is 393 g/mol. The average Bonchev–Trinajstić information content (AvgIpc) is 2.73. The number of nitrogens with zero attached hydrogens (tertiary/aromatic N) is 1. The largest absolute Gasteiger partial charge is 0.492 e. The first-order chi connectivity index (χ1) is 13.2. The van der Waals surface area contributed by atoms with Gasteiger partial charge in [0.05, 0.1) is 19.1 Å². The molecule has 1 amide bonds. The van der Waals surface area contributed by atoms with Crippen molar-refractivity contribution in [1.29, 1.82) is 0 Å². The van der Waals surface area contributed by atoms with Crippen LogP contribution in [0.15, 0.2) is 18.2 Å². The highest BCUT2D eigenvalue weighted by atomic mass is 35.5. The summed E-state index contributed by atoms with van der Waals surface area (Å²) in [6.45, 7) is 4.69. The van der Waals surface area contributed by atoms with Gasteiger partial charge in [-0.1, -0.05) is 30.9 Å². The molecular weight excluding hydrogens is 364 g/mol. The fourth-order valence-corrected chi connectivity index (χ4v) is 4.97. The maximum atomic E-state index is 12.9. The first-order valence-electron chi connectivity index (χ1n) is 10.2. The van der Waals surface area contributed by atoms with E-state index in [4.69, 9.17) is 21.1 Å². The number of carbonyl (C=O) groups is 1. The van der Waals surface area contributed by atoms with Gasteiger partial charge in [0.25, 0.3) is 0 Å². The molecule has 1 saturated carbocycles. The van der Waals surface area contributed by atoms with E-state index in [2.05, 4.69) is 10.2 Å². The summed E-state index contributed by atoms with van der Waals surface area (Å²) in [6.07, 6.45) is 6.79. The van der Waals surface area contributed by atoms with Crippen molar-refractivity contribution in [3.8, 4) is 5.75 Å². The van der Waals surface area contributed by atoms with Crippen LogP contribution in [0.4, 0.5) is 0 Å². The molecule has 0 bridgehead atoms. The predicted octanol–water partition coefficient (Wildman–Crippen LogP) is 3.04. The van der Waals surface area contributed by atoms with Gasteiger partial charge in [0.2, 0.25) is 5.91 Å². The highest BCUT2D eigenvalue weighted by molar-refractivity contribution is 6.30. The molecule has 0 radical (unpaired) electrons. The minimum absolute atomic E-state index is 0.0917. The Morgan fingerprint density at radius 2 is 2.00 bits per heavy atom. The Bertz CT molecular complexity index is 669. The molecule has 1 N–H and O–H groups in total. The van der Waals surface area contributed by atoms with Gasteiger partial charge in [0.1, 0.15) is 12.4 Å². The summed E-state index contributed by atoms with van der Waals surface area (Å²) in [6, 6.07) is 5.63. The lowest BCUT2D eigenvalue weighted by Crippen LogP contribution is -2.60. The summed E-state index contributed by atoms with van der Waals surface area (Å²) in [5.74, 6) is 0.792. The molecule has 1 aromatic carbocycles. The quantitative estimate of drug-likeness (QED) is 0.855. The van der Waals surface area contributed by atoms with Crippen LogP contribution in [0.5, 0.6) is 5.75 Å². The molecular formula is C21H29ClN2O3. The van der Waals surface area contributed by atoms with E-state index in [9.17, 15) is 4.79 Å². The number of halogens is 1. The van der Waals surface area contributed by atoms with E-state index in [0.717, 1.165) is 57.0 Å². The fraction of sp³-hybridized carbons (Fsp3) is 0.667. The zero-order valence-electron chi connectivity index (χ0n) is 15.8. The van der Waals surface area contributed by atoms with Crippen LogP contribution in [-0.2, 0) is 16.0 Å². The van der Waals surface area contributed by atoms with E-state index < -0.39 is 0 Å². The van der Waals surface area contributed by atoms with Gasteiger partial charge in [-0.25, -0.2) is 0 Å². The number of nitrogens with one attached hydrogen (secondary N) is 1. The monoisotopic (exact) mass is 392 g/mol. The standard InChI is InChI=1S/C21H29ClN2O3/c22-18-4-5-19-16(13-18)12-17(14-27-19)20(25)23-15-21(6-2-1-3-7-21)24-8-10-26-11-9-24/h4-5,13,17H,1-3,6-12,14-15H2,(H,23,25)/t17-/m1/s1. The van der Waals surface area contributed by atoms with Gasteiger partial charge in [-0.05, 0) is 43.0 Å². The van der Waals surface area contributed by atoms with Crippen LogP contribution in [0.1, 0.15) is 37.7 Å². The van der Waals surface area contributed by atoms with Crippen LogP contribution >= 0.6 is 11.6 Å². The summed E-state index contributed by atoms with van der Waals surface area (Å²) in [5, 5.41) is 3.96. The Morgan fingerprint density at radius 3 is 2.78 bits per heavy atom. The second kappa shape index (κ2) is 8.38. The molecule has 2 heterocycles. The molecule has 3 aliphatic rings. The number of carbonyl (C=O) groups excluding carboxylic acids is 1. The Balaban J connectivity index is 1.39. The number of ether oxygens (including phenoxy) is 2. The van der Waals surface area contributed by atoms with Crippen molar-refractivity contribution >= 4 is 17.5 Å². The van der Waals surface area contributed by atoms with Gasteiger partial charge >= 0.3 is 0 Å². The van der Waals surface area contributed by atoms with E-state index in [1.54, 1.807) is 0 Å². The van der Waals surface area contributed by atoms with Gasteiger partial charge in [0.15, 0.2) is 0 Å². The van der Waals surface area contributed by atoms with Crippen LogP contribution in [0.25, 0.3) is 0 Å². The third-order valence-electron chi connectivity index (χ3n) is 6.36. The van der Waals surface area contributed by atoms with E-state index in [-0.39, 0.29) is 17.4 Å². The summed E-state index contributed by atoms with van der Waals surface area (Å²) < 4.78 is 11.3. The van der Waals surface area contributed by atoms with Crippen LogP contribution < -0.4 is 10.1 Å². The second-order valence-electron chi connectivity index (χ2n) is 8.07. The van der Waals surface area contributed by atoms with Crippen molar-refractivity contribution in [3.63, 3.8) is 0 Å². The maximum absolute atomic E-state index is 12.9. The van der Waals surface area contributed by atoms with Crippen molar-refractivity contribution < 1.29 is 14.3 Å². The van der Waals surface area contributed by atoms with E-state index in [0.29, 0.717) is 18.1 Å².